The van der Waals surface area contributed by atoms with E-state index in [-0.39, 0.29) is 38.2 Å². The number of hydrogen-bond donors (Lipinski definition) is 5. The molecule has 2 rings (SSSR count). The Morgan fingerprint density at radius 3 is 2.81 bits per heavy atom. The van der Waals surface area contributed by atoms with Gasteiger partial charge in [0.1, 0.15) is 23.9 Å². The van der Waals surface area contributed by atoms with Crippen molar-refractivity contribution in [3.63, 3.8) is 0 Å². The SMILES string of the molecule is CC1C=C(N)C(=Nc2cnn(CCO)c2N)C=C(OCCO)C1CC=N. The molecule has 0 bridgehead atoms. The Morgan fingerprint density at radius 2 is 2.15 bits per heavy atom. The molecule has 1 aromatic heterocycles. The van der Waals surface area contributed by atoms with Gasteiger partial charge in [-0.15, -0.1) is 0 Å². The molecule has 0 spiro atoms. The van der Waals surface area contributed by atoms with Gasteiger partial charge >= 0.3 is 0 Å². The fourth-order valence-corrected chi connectivity index (χ4v) is 2.81. The van der Waals surface area contributed by atoms with Crippen molar-refractivity contribution >= 4 is 23.4 Å². The fourth-order valence-electron chi connectivity index (χ4n) is 2.81. The van der Waals surface area contributed by atoms with Crippen LogP contribution in [0.4, 0.5) is 11.5 Å². The van der Waals surface area contributed by atoms with Crippen molar-refractivity contribution in [2.75, 3.05) is 25.6 Å². The molecule has 0 saturated heterocycles. The summed E-state index contributed by atoms with van der Waals surface area (Å²) < 4.78 is 7.15. The third-order valence-corrected chi connectivity index (χ3v) is 4.16. The van der Waals surface area contributed by atoms with Gasteiger partial charge in [-0.2, -0.15) is 5.10 Å². The standard InChI is InChI=1S/C17H26N6O3/c1-11-8-13(19)14(9-16(26-7-6-25)12(11)2-3-18)22-15-10-21-23(4-5-24)17(15)20/h3,8-12,18,24-25H,2,4-7,19-20H2,1H3. The Morgan fingerprint density at radius 1 is 1.38 bits per heavy atom. The molecule has 2 atom stereocenters. The summed E-state index contributed by atoms with van der Waals surface area (Å²) in [6, 6.07) is 0. The van der Waals surface area contributed by atoms with Crippen LogP contribution >= 0.6 is 0 Å². The molecule has 7 N–H and O–H groups in total. The number of rotatable bonds is 8. The summed E-state index contributed by atoms with van der Waals surface area (Å²) in [6.07, 6.45) is 6.94. The lowest BCUT2D eigenvalue weighted by Crippen LogP contribution is -2.16. The summed E-state index contributed by atoms with van der Waals surface area (Å²) >= 11 is 0. The van der Waals surface area contributed by atoms with Crippen LogP contribution in [0.15, 0.2) is 34.8 Å². The van der Waals surface area contributed by atoms with Gasteiger partial charge in [-0.05, 0) is 18.6 Å². The zero-order chi connectivity index (χ0) is 19.1. The number of nitrogens with zero attached hydrogens (tertiary/aromatic N) is 3. The second-order valence-electron chi connectivity index (χ2n) is 6.01. The number of aliphatic hydroxyl groups excluding tert-OH is 2. The summed E-state index contributed by atoms with van der Waals surface area (Å²) in [5.41, 5.74) is 13.6. The highest BCUT2D eigenvalue weighted by Crippen LogP contribution is 2.31. The molecule has 0 radical (unpaired) electrons. The minimum absolute atomic E-state index is 0.0312. The second kappa shape index (κ2) is 9.16. The van der Waals surface area contributed by atoms with Crippen molar-refractivity contribution < 1.29 is 14.9 Å². The molecule has 0 amide bonds. The van der Waals surface area contributed by atoms with Crippen LogP contribution in [0, 0.1) is 17.2 Å². The van der Waals surface area contributed by atoms with Crippen LogP contribution in [0.2, 0.25) is 0 Å². The lowest BCUT2D eigenvalue weighted by molar-refractivity contribution is 0.120. The first-order valence-corrected chi connectivity index (χ1v) is 8.44. The zero-order valence-corrected chi connectivity index (χ0v) is 14.8. The molecule has 9 heteroatoms. The van der Waals surface area contributed by atoms with E-state index in [1.54, 1.807) is 6.08 Å². The maximum Gasteiger partial charge on any atom is 0.147 e. The van der Waals surface area contributed by atoms with Gasteiger partial charge in [0.05, 0.1) is 37.4 Å². The average molecular weight is 362 g/mol. The number of aliphatic imine (C=N–C) groups is 1. The number of hydrogen-bond acceptors (Lipinski definition) is 8. The van der Waals surface area contributed by atoms with Gasteiger partial charge < -0.3 is 31.8 Å². The summed E-state index contributed by atoms with van der Waals surface area (Å²) in [5, 5.41) is 29.6. The predicted octanol–water partition coefficient (Wildman–Crippen LogP) is 0.571. The summed E-state index contributed by atoms with van der Waals surface area (Å²) in [7, 11) is 0. The van der Waals surface area contributed by atoms with Crippen molar-refractivity contribution in [1.82, 2.24) is 9.78 Å². The van der Waals surface area contributed by atoms with Gasteiger partial charge in [-0.1, -0.05) is 13.0 Å². The van der Waals surface area contributed by atoms with Crippen molar-refractivity contribution in [2.45, 2.75) is 19.9 Å². The van der Waals surface area contributed by atoms with Gasteiger partial charge in [0.15, 0.2) is 0 Å². The molecule has 2 unspecified atom stereocenters. The molecule has 9 nitrogen and oxygen atoms in total. The molecule has 0 saturated carbocycles. The normalized spacial score (nSPS) is 21.9. The lowest BCUT2D eigenvalue weighted by Gasteiger charge is -2.22. The lowest BCUT2D eigenvalue weighted by atomic mass is 9.90. The second-order valence-corrected chi connectivity index (χ2v) is 6.01. The number of ether oxygens (including phenoxy) is 1. The third kappa shape index (κ3) is 4.50. The number of allylic oxidation sites excluding steroid dienone is 3. The Balaban J connectivity index is 2.45. The van der Waals surface area contributed by atoms with Crippen molar-refractivity contribution in [3.8, 4) is 0 Å². The molecule has 1 aromatic rings. The number of aromatic nitrogens is 2. The number of nitrogens with one attached hydrogen (secondary N) is 1. The average Bonchev–Trinajstić information content (AvgIpc) is 2.90. The van der Waals surface area contributed by atoms with E-state index in [1.165, 1.54) is 17.1 Å². The van der Waals surface area contributed by atoms with Gasteiger partial charge in [-0.3, -0.25) is 0 Å². The van der Waals surface area contributed by atoms with Gasteiger partial charge in [-0.25, -0.2) is 9.67 Å². The molecule has 1 aliphatic rings. The number of nitrogens with two attached hydrogens (primary N) is 2. The minimum Gasteiger partial charge on any atom is -0.495 e. The van der Waals surface area contributed by atoms with E-state index in [9.17, 15) is 0 Å². The summed E-state index contributed by atoms with van der Waals surface area (Å²) in [6.45, 7) is 2.23. The van der Waals surface area contributed by atoms with Crippen LogP contribution in [0.1, 0.15) is 13.3 Å². The molecular formula is C17H26N6O3. The van der Waals surface area contributed by atoms with Gasteiger partial charge in [0, 0.05) is 12.0 Å². The van der Waals surface area contributed by atoms with Crippen LogP contribution in [-0.4, -0.2) is 51.7 Å². The highest BCUT2D eigenvalue weighted by atomic mass is 16.5. The number of nitrogen functional groups attached to an aromatic ring is 1. The number of anilines is 1. The van der Waals surface area contributed by atoms with E-state index in [1.807, 2.05) is 13.0 Å². The molecular weight excluding hydrogens is 336 g/mol. The largest absolute Gasteiger partial charge is 0.495 e. The zero-order valence-electron chi connectivity index (χ0n) is 14.8. The first-order chi connectivity index (χ1) is 12.5. The maximum absolute atomic E-state index is 9.08. The molecule has 0 fully saturated rings. The predicted molar refractivity (Wildman–Crippen MR) is 100 cm³/mol. The topological polar surface area (TPSA) is 156 Å². The molecule has 1 aliphatic carbocycles. The highest BCUT2D eigenvalue weighted by molar-refractivity contribution is 6.09. The molecule has 26 heavy (non-hydrogen) atoms. The molecule has 0 aromatic carbocycles. The quantitative estimate of drug-likeness (QED) is 0.426. The molecule has 0 aliphatic heterocycles. The summed E-state index contributed by atoms with van der Waals surface area (Å²) in [5.74, 6) is 0.911. The monoisotopic (exact) mass is 362 g/mol. The van der Waals surface area contributed by atoms with Crippen molar-refractivity contribution in [1.29, 1.82) is 5.41 Å². The van der Waals surface area contributed by atoms with E-state index in [4.69, 9.17) is 31.8 Å². The number of aliphatic hydroxyl groups is 2. The smallest absolute Gasteiger partial charge is 0.147 e. The van der Waals surface area contributed by atoms with E-state index in [2.05, 4.69) is 10.1 Å². The Labute approximate surface area is 152 Å². The van der Waals surface area contributed by atoms with Crippen molar-refractivity contribution in [3.05, 3.63) is 29.8 Å². The van der Waals surface area contributed by atoms with Gasteiger partial charge in [0.2, 0.25) is 0 Å². The van der Waals surface area contributed by atoms with Crippen LogP contribution < -0.4 is 11.5 Å². The molecule has 1 heterocycles. The van der Waals surface area contributed by atoms with Crippen LogP contribution in [-0.2, 0) is 11.3 Å². The van der Waals surface area contributed by atoms with Crippen molar-refractivity contribution in [2.24, 2.45) is 22.6 Å². The van der Waals surface area contributed by atoms with Crippen LogP contribution in [0.5, 0.6) is 0 Å². The van der Waals surface area contributed by atoms with E-state index in [0.717, 1.165) is 0 Å². The Bertz CT molecular complexity index is 722. The fraction of sp³-hybridized carbons (Fsp3) is 0.471. The molecule has 142 valence electrons. The maximum atomic E-state index is 9.08. The third-order valence-electron chi connectivity index (χ3n) is 4.16. The van der Waals surface area contributed by atoms with E-state index >= 15 is 0 Å². The van der Waals surface area contributed by atoms with E-state index < -0.39 is 0 Å². The van der Waals surface area contributed by atoms with E-state index in [0.29, 0.717) is 35.1 Å². The Hall–Kier alpha value is -2.65. The van der Waals surface area contributed by atoms with Crippen LogP contribution in [0.25, 0.3) is 0 Å². The van der Waals surface area contributed by atoms with Crippen LogP contribution in [0.3, 0.4) is 0 Å². The minimum atomic E-state index is -0.112. The summed E-state index contributed by atoms with van der Waals surface area (Å²) in [4.78, 5) is 4.51. The first-order valence-electron chi connectivity index (χ1n) is 8.44. The Kier molecular flexibility index (Phi) is 6.93. The first kappa shape index (κ1) is 19.7. The van der Waals surface area contributed by atoms with Gasteiger partial charge in [0.25, 0.3) is 0 Å². The highest BCUT2D eigenvalue weighted by Gasteiger charge is 2.25.